The van der Waals surface area contributed by atoms with E-state index < -0.39 is 5.97 Å². The number of aromatic carboxylic acids is 1. The Morgan fingerprint density at radius 1 is 1.00 bits per heavy atom. The quantitative estimate of drug-likeness (QED) is 0.468. The highest BCUT2D eigenvalue weighted by Gasteiger charge is 2.23. The molecule has 0 aliphatic heterocycles. The average Bonchev–Trinajstić information content (AvgIpc) is 3.25. The maximum Gasteiger partial charge on any atom is 0.354 e. The molecule has 0 unspecified atom stereocenters. The standard InChI is InChI=1S/C22H15N3O3/c1-25-11-15(13-7-3-5-9-18(13)25)21(26)20-19-14(10-17(24-20)22(27)28)12-6-2-4-8-16(12)23-19/h2-11,23H,1H3,(H,27,28). The van der Waals surface area contributed by atoms with Crippen molar-refractivity contribution in [1.29, 1.82) is 0 Å². The van der Waals surface area contributed by atoms with Crippen LogP contribution >= 0.6 is 0 Å². The molecule has 2 aromatic carbocycles. The van der Waals surface area contributed by atoms with Crippen LogP contribution in [0.2, 0.25) is 0 Å². The van der Waals surface area contributed by atoms with Gasteiger partial charge in [-0.15, -0.1) is 0 Å². The van der Waals surface area contributed by atoms with Crippen molar-refractivity contribution in [2.45, 2.75) is 0 Å². The van der Waals surface area contributed by atoms with Gasteiger partial charge >= 0.3 is 5.97 Å². The number of aromatic amines is 1. The first-order valence-electron chi connectivity index (χ1n) is 8.78. The van der Waals surface area contributed by atoms with Gasteiger partial charge in [0.2, 0.25) is 5.78 Å². The molecule has 0 amide bonds. The molecule has 0 atom stereocenters. The highest BCUT2D eigenvalue weighted by molar-refractivity contribution is 6.23. The molecule has 0 bridgehead atoms. The Labute approximate surface area is 159 Å². The summed E-state index contributed by atoms with van der Waals surface area (Å²) in [4.78, 5) is 32.5. The van der Waals surface area contributed by atoms with Gasteiger partial charge in [0.05, 0.1) is 5.52 Å². The van der Waals surface area contributed by atoms with Gasteiger partial charge in [-0.1, -0.05) is 36.4 Å². The van der Waals surface area contributed by atoms with Gasteiger partial charge in [0.1, 0.15) is 11.4 Å². The fourth-order valence-corrected chi connectivity index (χ4v) is 3.77. The largest absolute Gasteiger partial charge is 0.477 e. The maximum absolute atomic E-state index is 13.5. The van der Waals surface area contributed by atoms with Crippen LogP contribution in [0, 0.1) is 0 Å². The third-order valence-electron chi connectivity index (χ3n) is 5.07. The summed E-state index contributed by atoms with van der Waals surface area (Å²) in [6, 6.07) is 16.7. The Hall–Kier alpha value is -3.93. The molecule has 0 saturated heterocycles. The summed E-state index contributed by atoms with van der Waals surface area (Å²) in [5, 5.41) is 11.9. The number of aromatic nitrogens is 3. The number of H-pyrrole nitrogens is 1. The second kappa shape index (κ2) is 5.79. The van der Waals surface area contributed by atoms with Crippen LogP contribution in [-0.2, 0) is 7.05 Å². The summed E-state index contributed by atoms with van der Waals surface area (Å²) in [6.45, 7) is 0. The van der Waals surface area contributed by atoms with Crippen LogP contribution in [-0.4, -0.2) is 31.4 Å². The normalized spacial score (nSPS) is 11.5. The minimum atomic E-state index is -1.17. The number of nitrogens with zero attached hydrogens (tertiary/aromatic N) is 2. The Balaban J connectivity index is 1.84. The number of carbonyl (C=O) groups excluding carboxylic acids is 1. The van der Waals surface area contributed by atoms with E-state index in [-0.39, 0.29) is 17.2 Å². The Morgan fingerprint density at radius 3 is 2.50 bits per heavy atom. The summed E-state index contributed by atoms with van der Waals surface area (Å²) >= 11 is 0. The highest BCUT2D eigenvalue weighted by Crippen LogP contribution is 2.30. The zero-order valence-corrected chi connectivity index (χ0v) is 14.9. The lowest BCUT2D eigenvalue weighted by Crippen LogP contribution is -2.09. The van der Waals surface area contributed by atoms with Crippen LogP contribution in [0.1, 0.15) is 26.5 Å². The first-order chi connectivity index (χ1) is 13.5. The van der Waals surface area contributed by atoms with E-state index in [1.165, 1.54) is 6.07 Å². The van der Waals surface area contributed by atoms with Crippen LogP contribution < -0.4 is 0 Å². The van der Waals surface area contributed by atoms with Gasteiger partial charge in [0, 0.05) is 46.0 Å². The van der Waals surface area contributed by atoms with Gasteiger partial charge in [0.25, 0.3) is 0 Å². The lowest BCUT2D eigenvalue weighted by Gasteiger charge is -2.04. The van der Waals surface area contributed by atoms with Crippen LogP contribution in [0.4, 0.5) is 0 Å². The van der Waals surface area contributed by atoms with Crippen LogP contribution in [0.3, 0.4) is 0 Å². The summed E-state index contributed by atoms with van der Waals surface area (Å²) in [7, 11) is 1.87. The number of carbonyl (C=O) groups is 2. The second-order valence-corrected chi connectivity index (χ2v) is 6.75. The predicted molar refractivity (Wildman–Crippen MR) is 107 cm³/mol. The van der Waals surface area contributed by atoms with Crippen LogP contribution in [0.25, 0.3) is 32.7 Å². The molecule has 0 radical (unpaired) electrons. The number of hydrogen-bond donors (Lipinski definition) is 2. The van der Waals surface area contributed by atoms with Gasteiger partial charge < -0.3 is 14.7 Å². The number of ketones is 1. The smallest absolute Gasteiger partial charge is 0.354 e. The first kappa shape index (κ1) is 16.3. The van der Waals surface area contributed by atoms with E-state index in [0.717, 1.165) is 21.8 Å². The predicted octanol–water partition coefficient (Wildman–Crippen LogP) is 4.14. The Kier molecular flexibility index (Phi) is 3.36. The van der Waals surface area contributed by atoms with Crippen molar-refractivity contribution >= 4 is 44.5 Å². The number of fused-ring (bicyclic) bond motifs is 4. The van der Waals surface area contributed by atoms with Crippen molar-refractivity contribution < 1.29 is 14.7 Å². The molecule has 0 aliphatic carbocycles. The first-order valence-corrected chi connectivity index (χ1v) is 8.78. The molecule has 0 fully saturated rings. The Bertz CT molecular complexity index is 1430. The monoisotopic (exact) mass is 369 g/mol. The van der Waals surface area contributed by atoms with E-state index in [1.54, 1.807) is 6.20 Å². The van der Waals surface area contributed by atoms with Gasteiger partial charge in [-0.25, -0.2) is 9.78 Å². The third kappa shape index (κ3) is 2.24. The number of carboxylic acid groups (broad SMARTS) is 1. The van der Waals surface area contributed by atoms with Crippen LogP contribution in [0.15, 0.2) is 60.8 Å². The molecule has 0 aliphatic rings. The number of pyridine rings is 1. The van der Waals surface area contributed by atoms with E-state index in [1.807, 2.05) is 60.1 Å². The SMILES string of the molecule is Cn1cc(C(=O)c2nc(C(=O)O)cc3c2[nH]c2ccccc23)c2ccccc21. The molecule has 28 heavy (non-hydrogen) atoms. The number of aryl methyl sites for hydroxylation is 1. The molecular formula is C22H15N3O3. The number of carboxylic acids is 1. The van der Waals surface area contributed by atoms with Crippen molar-refractivity contribution in [3.05, 3.63) is 77.7 Å². The summed E-state index contributed by atoms with van der Waals surface area (Å²) in [6.07, 6.45) is 1.76. The van der Waals surface area contributed by atoms with Crippen molar-refractivity contribution in [2.75, 3.05) is 0 Å². The molecule has 6 heteroatoms. The van der Waals surface area contributed by atoms with Gasteiger partial charge in [0.15, 0.2) is 0 Å². The van der Waals surface area contributed by atoms with Crippen molar-refractivity contribution in [2.24, 2.45) is 7.05 Å². The van der Waals surface area contributed by atoms with Crippen molar-refractivity contribution in [3.8, 4) is 0 Å². The van der Waals surface area contributed by atoms with E-state index in [9.17, 15) is 14.7 Å². The van der Waals surface area contributed by atoms with E-state index in [4.69, 9.17) is 0 Å². The number of rotatable bonds is 3. The number of hydrogen-bond acceptors (Lipinski definition) is 3. The molecular weight excluding hydrogens is 354 g/mol. The van der Waals surface area contributed by atoms with E-state index in [0.29, 0.717) is 16.5 Å². The summed E-state index contributed by atoms with van der Waals surface area (Å²) in [5.41, 5.74) is 2.75. The molecule has 5 rings (SSSR count). The minimum Gasteiger partial charge on any atom is -0.477 e. The summed E-state index contributed by atoms with van der Waals surface area (Å²) in [5.74, 6) is -1.48. The maximum atomic E-state index is 13.5. The number of benzene rings is 2. The molecule has 5 aromatic rings. The fourth-order valence-electron chi connectivity index (χ4n) is 3.77. The lowest BCUT2D eigenvalue weighted by molar-refractivity contribution is 0.0690. The fraction of sp³-hybridized carbons (Fsp3) is 0.0455. The lowest BCUT2D eigenvalue weighted by atomic mass is 10.0. The van der Waals surface area contributed by atoms with Gasteiger partial charge in [-0.3, -0.25) is 4.79 Å². The van der Waals surface area contributed by atoms with Crippen LogP contribution in [0.5, 0.6) is 0 Å². The molecule has 0 saturated carbocycles. The van der Waals surface area contributed by atoms with Gasteiger partial charge in [-0.05, 0) is 18.2 Å². The number of nitrogens with one attached hydrogen (secondary N) is 1. The molecule has 3 heterocycles. The third-order valence-corrected chi connectivity index (χ3v) is 5.07. The molecule has 2 N–H and O–H groups in total. The molecule has 0 spiro atoms. The number of para-hydroxylation sites is 2. The summed E-state index contributed by atoms with van der Waals surface area (Å²) < 4.78 is 1.88. The average molecular weight is 369 g/mol. The Morgan fingerprint density at radius 2 is 1.71 bits per heavy atom. The zero-order valence-electron chi connectivity index (χ0n) is 14.9. The zero-order chi connectivity index (χ0) is 19.4. The van der Waals surface area contributed by atoms with E-state index >= 15 is 0 Å². The minimum absolute atomic E-state index is 0.113. The van der Waals surface area contributed by atoms with Crippen molar-refractivity contribution in [3.63, 3.8) is 0 Å². The van der Waals surface area contributed by atoms with Gasteiger partial charge in [-0.2, -0.15) is 0 Å². The topological polar surface area (TPSA) is 88.0 Å². The van der Waals surface area contributed by atoms with Crippen molar-refractivity contribution in [1.82, 2.24) is 14.5 Å². The highest BCUT2D eigenvalue weighted by atomic mass is 16.4. The van der Waals surface area contributed by atoms with E-state index in [2.05, 4.69) is 9.97 Å². The molecule has 6 nitrogen and oxygen atoms in total. The molecule has 3 aromatic heterocycles. The molecule has 136 valence electrons. The second-order valence-electron chi connectivity index (χ2n) is 6.75.